The minimum Gasteiger partial charge on any atom is -0.508 e. The standard InChI is InChI=1S/C16H19NO3/c1-3-8-20-15-9-13(10-17-11-15)16(2,19)12-4-6-14(18)7-5-12/h4-7,9-11,18-19H,3,8H2,1-2H3. The van der Waals surface area contributed by atoms with E-state index < -0.39 is 5.60 Å². The zero-order valence-corrected chi connectivity index (χ0v) is 11.7. The summed E-state index contributed by atoms with van der Waals surface area (Å²) in [4.78, 5) is 4.11. The molecule has 20 heavy (non-hydrogen) atoms. The lowest BCUT2D eigenvalue weighted by molar-refractivity contribution is 0.101. The Kier molecular flexibility index (Phi) is 4.25. The summed E-state index contributed by atoms with van der Waals surface area (Å²) in [6.07, 6.45) is 4.16. The molecule has 2 rings (SSSR count). The maximum atomic E-state index is 10.7. The van der Waals surface area contributed by atoms with Gasteiger partial charge < -0.3 is 14.9 Å². The maximum absolute atomic E-state index is 10.7. The molecule has 2 aromatic rings. The van der Waals surface area contributed by atoms with Crippen LogP contribution in [0.5, 0.6) is 11.5 Å². The van der Waals surface area contributed by atoms with Crippen LogP contribution in [-0.4, -0.2) is 21.8 Å². The van der Waals surface area contributed by atoms with Gasteiger partial charge in [0.05, 0.1) is 12.8 Å². The number of rotatable bonds is 5. The van der Waals surface area contributed by atoms with E-state index in [4.69, 9.17) is 4.74 Å². The number of hydrogen-bond acceptors (Lipinski definition) is 4. The van der Waals surface area contributed by atoms with Crippen LogP contribution >= 0.6 is 0 Å². The number of phenolic OH excluding ortho intramolecular Hbond substituents is 1. The fourth-order valence-electron chi connectivity index (χ4n) is 1.94. The lowest BCUT2D eigenvalue weighted by Gasteiger charge is -2.24. The fraction of sp³-hybridized carbons (Fsp3) is 0.312. The third-order valence-corrected chi connectivity index (χ3v) is 3.18. The van der Waals surface area contributed by atoms with Crippen LogP contribution in [0, 0.1) is 0 Å². The Morgan fingerprint density at radius 1 is 1.15 bits per heavy atom. The molecule has 0 aliphatic carbocycles. The molecular formula is C16H19NO3. The Bertz CT molecular complexity index is 564. The largest absolute Gasteiger partial charge is 0.508 e. The number of pyridine rings is 1. The van der Waals surface area contributed by atoms with Gasteiger partial charge in [0.2, 0.25) is 0 Å². The number of ether oxygens (including phenoxy) is 1. The summed E-state index contributed by atoms with van der Waals surface area (Å²) in [5, 5.41) is 20.0. The van der Waals surface area contributed by atoms with E-state index in [1.54, 1.807) is 49.6 Å². The van der Waals surface area contributed by atoms with Crippen molar-refractivity contribution in [3.63, 3.8) is 0 Å². The summed E-state index contributed by atoms with van der Waals surface area (Å²) in [5.74, 6) is 0.811. The molecule has 1 aromatic carbocycles. The van der Waals surface area contributed by atoms with Crippen molar-refractivity contribution < 1.29 is 14.9 Å². The number of benzene rings is 1. The highest BCUT2D eigenvalue weighted by Crippen LogP contribution is 2.31. The van der Waals surface area contributed by atoms with Crippen molar-refractivity contribution in [2.45, 2.75) is 25.9 Å². The molecule has 4 heteroatoms. The molecule has 0 aliphatic heterocycles. The number of aromatic hydroxyl groups is 1. The molecule has 0 bridgehead atoms. The molecule has 1 unspecified atom stereocenters. The lowest BCUT2D eigenvalue weighted by atomic mass is 9.89. The summed E-state index contributed by atoms with van der Waals surface area (Å²) in [6, 6.07) is 8.27. The summed E-state index contributed by atoms with van der Waals surface area (Å²) < 4.78 is 5.53. The van der Waals surface area contributed by atoms with E-state index in [2.05, 4.69) is 4.98 Å². The highest BCUT2D eigenvalue weighted by Gasteiger charge is 2.26. The second kappa shape index (κ2) is 5.92. The molecule has 0 fully saturated rings. The predicted octanol–water partition coefficient (Wildman–Crippen LogP) is 2.83. The summed E-state index contributed by atoms with van der Waals surface area (Å²) in [7, 11) is 0. The third-order valence-electron chi connectivity index (χ3n) is 3.18. The van der Waals surface area contributed by atoms with Crippen molar-refractivity contribution in [3.05, 3.63) is 53.9 Å². The number of phenols is 1. The quantitative estimate of drug-likeness (QED) is 0.879. The predicted molar refractivity (Wildman–Crippen MR) is 76.8 cm³/mol. The van der Waals surface area contributed by atoms with Crippen molar-refractivity contribution in [3.8, 4) is 11.5 Å². The fourth-order valence-corrected chi connectivity index (χ4v) is 1.94. The van der Waals surface area contributed by atoms with E-state index in [0.717, 1.165) is 6.42 Å². The van der Waals surface area contributed by atoms with E-state index in [9.17, 15) is 10.2 Å². The van der Waals surface area contributed by atoms with Crippen LogP contribution in [0.4, 0.5) is 0 Å². The Morgan fingerprint density at radius 3 is 2.50 bits per heavy atom. The van der Waals surface area contributed by atoms with Gasteiger partial charge in [0.1, 0.15) is 17.1 Å². The molecule has 0 saturated heterocycles. The van der Waals surface area contributed by atoms with Gasteiger partial charge in [0, 0.05) is 11.8 Å². The van der Waals surface area contributed by atoms with E-state index in [1.165, 1.54) is 0 Å². The Balaban J connectivity index is 2.30. The SMILES string of the molecule is CCCOc1cncc(C(C)(O)c2ccc(O)cc2)c1. The second-order valence-corrected chi connectivity index (χ2v) is 4.88. The smallest absolute Gasteiger partial charge is 0.137 e. The van der Waals surface area contributed by atoms with Crippen LogP contribution in [-0.2, 0) is 5.60 Å². The normalized spacial score (nSPS) is 13.8. The molecule has 2 N–H and O–H groups in total. The van der Waals surface area contributed by atoms with E-state index in [0.29, 0.717) is 23.5 Å². The van der Waals surface area contributed by atoms with Gasteiger partial charge in [-0.15, -0.1) is 0 Å². The molecule has 0 radical (unpaired) electrons. The topological polar surface area (TPSA) is 62.6 Å². The van der Waals surface area contributed by atoms with Crippen LogP contribution in [0.25, 0.3) is 0 Å². The number of aromatic nitrogens is 1. The Labute approximate surface area is 118 Å². The number of aliphatic hydroxyl groups is 1. The summed E-state index contributed by atoms with van der Waals surface area (Å²) in [6.45, 7) is 4.34. The molecule has 4 nitrogen and oxygen atoms in total. The molecule has 106 valence electrons. The molecule has 0 spiro atoms. The van der Waals surface area contributed by atoms with Gasteiger partial charge in [-0.1, -0.05) is 19.1 Å². The first-order valence-electron chi connectivity index (χ1n) is 6.64. The molecule has 0 aliphatic rings. The average molecular weight is 273 g/mol. The molecule has 1 heterocycles. The Morgan fingerprint density at radius 2 is 1.85 bits per heavy atom. The van der Waals surface area contributed by atoms with Gasteiger partial charge in [-0.3, -0.25) is 4.98 Å². The molecule has 0 amide bonds. The van der Waals surface area contributed by atoms with Gasteiger partial charge in [0.25, 0.3) is 0 Å². The second-order valence-electron chi connectivity index (χ2n) is 4.88. The van der Waals surface area contributed by atoms with Crippen molar-refractivity contribution in [2.75, 3.05) is 6.61 Å². The van der Waals surface area contributed by atoms with Gasteiger partial charge in [-0.2, -0.15) is 0 Å². The highest BCUT2D eigenvalue weighted by molar-refractivity contribution is 5.38. The maximum Gasteiger partial charge on any atom is 0.137 e. The van der Waals surface area contributed by atoms with Crippen LogP contribution in [0.3, 0.4) is 0 Å². The van der Waals surface area contributed by atoms with Crippen LogP contribution in [0.1, 0.15) is 31.4 Å². The number of nitrogens with zero attached hydrogens (tertiary/aromatic N) is 1. The first-order valence-corrected chi connectivity index (χ1v) is 6.64. The van der Waals surface area contributed by atoms with Gasteiger partial charge in [-0.25, -0.2) is 0 Å². The van der Waals surface area contributed by atoms with Gasteiger partial charge >= 0.3 is 0 Å². The third kappa shape index (κ3) is 3.08. The highest BCUT2D eigenvalue weighted by atomic mass is 16.5. The van der Waals surface area contributed by atoms with Crippen LogP contribution in [0.15, 0.2) is 42.7 Å². The van der Waals surface area contributed by atoms with Crippen LogP contribution in [0.2, 0.25) is 0 Å². The first-order chi connectivity index (χ1) is 9.54. The monoisotopic (exact) mass is 273 g/mol. The molecule has 1 atom stereocenters. The van der Waals surface area contributed by atoms with E-state index in [-0.39, 0.29) is 5.75 Å². The number of hydrogen-bond donors (Lipinski definition) is 2. The van der Waals surface area contributed by atoms with Crippen molar-refractivity contribution >= 4 is 0 Å². The molecule has 1 aromatic heterocycles. The first kappa shape index (κ1) is 14.3. The van der Waals surface area contributed by atoms with Crippen molar-refractivity contribution in [2.24, 2.45) is 0 Å². The molecular weight excluding hydrogens is 254 g/mol. The zero-order valence-electron chi connectivity index (χ0n) is 11.7. The average Bonchev–Trinajstić information content (AvgIpc) is 2.46. The van der Waals surface area contributed by atoms with Crippen molar-refractivity contribution in [1.29, 1.82) is 0 Å². The summed E-state index contributed by atoms with van der Waals surface area (Å²) >= 11 is 0. The van der Waals surface area contributed by atoms with Gasteiger partial charge in [-0.05, 0) is 37.1 Å². The summed E-state index contributed by atoms with van der Waals surface area (Å²) in [5.41, 5.74) is 0.147. The lowest BCUT2D eigenvalue weighted by Crippen LogP contribution is -2.23. The zero-order chi connectivity index (χ0) is 14.6. The molecule has 0 saturated carbocycles. The van der Waals surface area contributed by atoms with Gasteiger partial charge in [0.15, 0.2) is 0 Å². The van der Waals surface area contributed by atoms with Crippen LogP contribution < -0.4 is 4.74 Å². The minimum absolute atomic E-state index is 0.169. The van der Waals surface area contributed by atoms with E-state index >= 15 is 0 Å². The minimum atomic E-state index is -1.19. The Hall–Kier alpha value is -2.07. The van der Waals surface area contributed by atoms with E-state index in [1.807, 2.05) is 6.92 Å². The van der Waals surface area contributed by atoms with Crippen molar-refractivity contribution in [1.82, 2.24) is 4.98 Å².